The minimum Gasteiger partial charge on any atom is -0.479 e. The molecule has 2 amide bonds. The Kier molecular flexibility index (Phi) is 6.71. The van der Waals surface area contributed by atoms with Gasteiger partial charge in [-0.3, -0.25) is 9.59 Å². The Hall–Kier alpha value is -3.86. The lowest BCUT2D eigenvalue weighted by atomic mass is 10.2. The number of nitrogens with zero attached hydrogens (tertiary/aromatic N) is 1. The average molecular weight is 381 g/mol. The molecule has 2 aromatic rings. The first-order chi connectivity index (χ1) is 13.3. The molecule has 0 aliphatic carbocycles. The van der Waals surface area contributed by atoms with E-state index < -0.39 is 30.0 Å². The van der Waals surface area contributed by atoms with Crippen molar-refractivity contribution >= 4 is 23.5 Å². The molecule has 0 aliphatic rings. The quantitative estimate of drug-likeness (QED) is 0.705. The van der Waals surface area contributed by atoms with Crippen LogP contribution in [0.1, 0.15) is 29.8 Å². The molecule has 0 saturated heterocycles. The minimum atomic E-state index is -1.06. The highest BCUT2D eigenvalue weighted by Crippen LogP contribution is 2.15. The van der Waals surface area contributed by atoms with Crippen molar-refractivity contribution in [3.8, 4) is 11.8 Å². The fourth-order valence-corrected chi connectivity index (χ4v) is 2.15. The maximum Gasteiger partial charge on any atom is 0.347 e. The van der Waals surface area contributed by atoms with Crippen LogP contribution in [0, 0.1) is 11.3 Å². The number of benzene rings is 2. The molecule has 0 unspecified atom stereocenters. The SMILES string of the molecule is C[C@H](Oc1ccc(C#N)cc1)C(=O)O[C@H](C)C(=O)Nc1ccc(C(N)=O)cc1. The van der Waals surface area contributed by atoms with E-state index >= 15 is 0 Å². The third-order valence-corrected chi connectivity index (χ3v) is 3.73. The molecule has 0 aromatic heterocycles. The Morgan fingerprint density at radius 1 is 1.00 bits per heavy atom. The predicted octanol–water partition coefficient (Wildman–Crippen LogP) is 1.99. The fraction of sp³-hybridized carbons (Fsp3) is 0.200. The molecule has 0 aliphatic heterocycles. The number of amides is 2. The van der Waals surface area contributed by atoms with Crippen molar-refractivity contribution in [2.45, 2.75) is 26.1 Å². The summed E-state index contributed by atoms with van der Waals surface area (Å²) in [5.74, 6) is -1.42. The Morgan fingerprint density at radius 3 is 2.14 bits per heavy atom. The second-order valence-electron chi connectivity index (χ2n) is 5.91. The van der Waals surface area contributed by atoms with Gasteiger partial charge < -0.3 is 20.5 Å². The molecule has 2 atom stereocenters. The standard InChI is InChI=1S/C20H19N3O5/c1-12(19(25)23-16-7-5-15(6-8-16)18(22)24)28-20(26)13(2)27-17-9-3-14(11-21)4-10-17/h3-10,12-13H,1-2H3,(H2,22,24)(H,23,25)/t12-,13+/m1/s1. The first-order valence-corrected chi connectivity index (χ1v) is 8.38. The van der Waals surface area contributed by atoms with Gasteiger partial charge in [-0.25, -0.2) is 4.79 Å². The Bertz CT molecular complexity index is 901. The number of carbonyl (C=O) groups is 3. The van der Waals surface area contributed by atoms with Gasteiger partial charge in [0.2, 0.25) is 5.91 Å². The zero-order valence-corrected chi connectivity index (χ0v) is 15.3. The van der Waals surface area contributed by atoms with Crippen molar-refractivity contribution in [3.05, 3.63) is 59.7 Å². The number of hydrogen-bond acceptors (Lipinski definition) is 6. The van der Waals surface area contributed by atoms with Gasteiger partial charge in [0.25, 0.3) is 5.91 Å². The van der Waals surface area contributed by atoms with E-state index in [2.05, 4.69) is 5.32 Å². The van der Waals surface area contributed by atoms with E-state index in [9.17, 15) is 14.4 Å². The molecule has 2 aromatic carbocycles. The summed E-state index contributed by atoms with van der Waals surface area (Å²) in [6.45, 7) is 2.92. The van der Waals surface area contributed by atoms with Crippen molar-refractivity contribution in [1.82, 2.24) is 0 Å². The van der Waals surface area contributed by atoms with Crippen LogP contribution in [0.4, 0.5) is 5.69 Å². The maximum absolute atomic E-state index is 12.2. The number of esters is 1. The van der Waals surface area contributed by atoms with Crippen LogP contribution < -0.4 is 15.8 Å². The normalized spacial score (nSPS) is 12.2. The van der Waals surface area contributed by atoms with E-state index in [1.54, 1.807) is 24.3 Å². The van der Waals surface area contributed by atoms with Gasteiger partial charge >= 0.3 is 5.97 Å². The summed E-state index contributed by atoms with van der Waals surface area (Å²) < 4.78 is 10.6. The van der Waals surface area contributed by atoms with Crippen LogP contribution in [-0.2, 0) is 14.3 Å². The number of nitrogens with two attached hydrogens (primary N) is 1. The molecule has 8 heteroatoms. The molecular weight excluding hydrogens is 362 g/mol. The number of nitriles is 1. The van der Waals surface area contributed by atoms with Gasteiger partial charge in [-0.2, -0.15) is 5.26 Å². The highest BCUT2D eigenvalue weighted by Gasteiger charge is 2.23. The molecular formula is C20H19N3O5. The van der Waals surface area contributed by atoms with Crippen molar-refractivity contribution in [2.24, 2.45) is 5.73 Å². The van der Waals surface area contributed by atoms with Crippen molar-refractivity contribution in [2.75, 3.05) is 5.32 Å². The number of carbonyl (C=O) groups excluding carboxylic acids is 3. The lowest BCUT2D eigenvalue weighted by Crippen LogP contribution is -2.35. The third kappa shape index (κ3) is 5.57. The highest BCUT2D eigenvalue weighted by molar-refractivity contribution is 5.96. The summed E-state index contributed by atoms with van der Waals surface area (Å²) in [5, 5.41) is 11.3. The molecule has 0 fully saturated rings. The van der Waals surface area contributed by atoms with Gasteiger partial charge in [0.15, 0.2) is 12.2 Å². The zero-order valence-electron chi connectivity index (χ0n) is 15.3. The highest BCUT2D eigenvalue weighted by atomic mass is 16.6. The number of nitrogens with one attached hydrogen (secondary N) is 1. The summed E-state index contributed by atoms with van der Waals surface area (Å²) in [6.07, 6.45) is -2.01. The lowest BCUT2D eigenvalue weighted by Gasteiger charge is -2.18. The molecule has 0 bridgehead atoms. The number of rotatable bonds is 7. The second kappa shape index (κ2) is 9.19. The average Bonchev–Trinajstić information content (AvgIpc) is 2.68. The minimum absolute atomic E-state index is 0.311. The summed E-state index contributed by atoms with van der Waals surface area (Å²) in [5.41, 5.74) is 6.37. The van der Waals surface area contributed by atoms with E-state index in [1.807, 2.05) is 6.07 Å². The summed E-state index contributed by atoms with van der Waals surface area (Å²) in [6, 6.07) is 14.2. The van der Waals surface area contributed by atoms with Gasteiger partial charge in [-0.05, 0) is 62.4 Å². The number of anilines is 1. The molecule has 8 nitrogen and oxygen atoms in total. The zero-order chi connectivity index (χ0) is 20.7. The molecule has 2 rings (SSSR count). The smallest absolute Gasteiger partial charge is 0.347 e. The van der Waals surface area contributed by atoms with E-state index in [-0.39, 0.29) is 0 Å². The summed E-state index contributed by atoms with van der Waals surface area (Å²) in [7, 11) is 0. The molecule has 144 valence electrons. The topological polar surface area (TPSA) is 132 Å². The van der Waals surface area contributed by atoms with Crippen LogP contribution in [0.2, 0.25) is 0 Å². The maximum atomic E-state index is 12.2. The molecule has 0 spiro atoms. The van der Waals surface area contributed by atoms with Crippen LogP contribution in [0.3, 0.4) is 0 Å². The molecule has 0 heterocycles. The number of ether oxygens (including phenoxy) is 2. The van der Waals surface area contributed by atoms with Gasteiger partial charge in [0, 0.05) is 11.3 Å². The van der Waals surface area contributed by atoms with Crippen LogP contribution in [0.5, 0.6) is 5.75 Å². The Balaban J connectivity index is 1.88. The first-order valence-electron chi connectivity index (χ1n) is 8.38. The predicted molar refractivity (Wildman–Crippen MR) is 100 cm³/mol. The molecule has 3 N–H and O–H groups in total. The molecule has 0 radical (unpaired) electrons. The van der Waals surface area contributed by atoms with Crippen LogP contribution in [0.25, 0.3) is 0 Å². The number of primary amides is 1. The van der Waals surface area contributed by atoms with Crippen LogP contribution in [-0.4, -0.2) is 30.0 Å². The van der Waals surface area contributed by atoms with Gasteiger partial charge in [-0.1, -0.05) is 0 Å². The monoisotopic (exact) mass is 381 g/mol. The van der Waals surface area contributed by atoms with E-state index in [4.69, 9.17) is 20.5 Å². The number of hydrogen-bond donors (Lipinski definition) is 2. The van der Waals surface area contributed by atoms with Crippen molar-refractivity contribution < 1.29 is 23.9 Å². The van der Waals surface area contributed by atoms with E-state index in [0.29, 0.717) is 22.6 Å². The van der Waals surface area contributed by atoms with Gasteiger partial charge in [0.05, 0.1) is 11.6 Å². The first kappa shape index (κ1) is 20.5. The van der Waals surface area contributed by atoms with Gasteiger partial charge in [-0.15, -0.1) is 0 Å². The summed E-state index contributed by atoms with van der Waals surface area (Å²) >= 11 is 0. The van der Waals surface area contributed by atoms with Crippen LogP contribution >= 0.6 is 0 Å². The molecule has 28 heavy (non-hydrogen) atoms. The second-order valence-corrected chi connectivity index (χ2v) is 5.91. The Morgan fingerprint density at radius 2 is 1.61 bits per heavy atom. The van der Waals surface area contributed by atoms with Gasteiger partial charge in [0.1, 0.15) is 5.75 Å². The third-order valence-electron chi connectivity index (χ3n) is 3.73. The Labute approximate surface area is 161 Å². The molecule has 0 saturated carbocycles. The fourth-order valence-electron chi connectivity index (χ4n) is 2.15. The lowest BCUT2D eigenvalue weighted by molar-refractivity contribution is -0.159. The van der Waals surface area contributed by atoms with Crippen molar-refractivity contribution in [3.63, 3.8) is 0 Å². The van der Waals surface area contributed by atoms with Crippen molar-refractivity contribution in [1.29, 1.82) is 5.26 Å². The van der Waals surface area contributed by atoms with Crippen LogP contribution in [0.15, 0.2) is 48.5 Å². The largest absolute Gasteiger partial charge is 0.479 e. The van der Waals surface area contributed by atoms with E-state index in [0.717, 1.165) is 0 Å². The van der Waals surface area contributed by atoms with E-state index in [1.165, 1.54) is 38.1 Å². The summed E-state index contributed by atoms with van der Waals surface area (Å²) in [4.78, 5) is 35.3.